The Kier molecular flexibility index (Phi) is 5.95. The van der Waals surface area contributed by atoms with Crippen molar-refractivity contribution in [2.45, 2.75) is 23.3 Å². The van der Waals surface area contributed by atoms with E-state index in [4.69, 9.17) is 4.42 Å². The number of carbonyl (C=O) groups is 1. The fourth-order valence-corrected chi connectivity index (χ4v) is 3.90. The van der Waals surface area contributed by atoms with Crippen molar-refractivity contribution in [1.29, 1.82) is 0 Å². The van der Waals surface area contributed by atoms with Crippen LogP contribution >= 0.6 is 23.1 Å². The van der Waals surface area contributed by atoms with Gasteiger partial charge in [-0.15, -0.1) is 11.8 Å². The summed E-state index contributed by atoms with van der Waals surface area (Å²) in [6.07, 6.45) is 4.35. The van der Waals surface area contributed by atoms with Crippen LogP contribution in [0.4, 0.5) is 10.8 Å². The number of thiazole rings is 1. The van der Waals surface area contributed by atoms with E-state index in [2.05, 4.69) is 15.3 Å². The molecule has 6 nitrogen and oxygen atoms in total. The molecule has 1 aromatic carbocycles. The Morgan fingerprint density at radius 2 is 2.00 bits per heavy atom. The summed E-state index contributed by atoms with van der Waals surface area (Å²) in [7, 11) is 3.93. The number of amides is 1. The standard InChI is InChI=1S/C18H20N4O2S2/c1-4-14-9-19-15(24-14)11-25-16-10-20-18(26-16)21-17(23)12-5-7-13(8-6-12)22(2)3/h5-10H,4,11H2,1-3H3,(H,20,21,23). The molecule has 0 fully saturated rings. The number of carbonyl (C=O) groups excluding carboxylic acids is 1. The molecule has 0 bridgehead atoms. The number of anilines is 2. The van der Waals surface area contributed by atoms with Crippen LogP contribution in [0.1, 0.15) is 28.9 Å². The summed E-state index contributed by atoms with van der Waals surface area (Å²) in [5.41, 5.74) is 1.65. The van der Waals surface area contributed by atoms with Crippen LogP contribution < -0.4 is 10.2 Å². The lowest BCUT2D eigenvalue weighted by Crippen LogP contribution is -2.12. The van der Waals surface area contributed by atoms with E-state index in [-0.39, 0.29) is 5.91 Å². The van der Waals surface area contributed by atoms with E-state index < -0.39 is 0 Å². The highest BCUT2D eigenvalue weighted by Gasteiger charge is 2.11. The highest BCUT2D eigenvalue weighted by molar-refractivity contribution is 8.00. The molecule has 2 aromatic heterocycles. The minimum absolute atomic E-state index is 0.165. The fraction of sp³-hybridized carbons (Fsp3) is 0.278. The summed E-state index contributed by atoms with van der Waals surface area (Å²) in [4.78, 5) is 22.8. The number of aromatic nitrogens is 2. The first-order valence-electron chi connectivity index (χ1n) is 8.16. The van der Waals surface area contributed by atoms with Gasteiger partial charge >= 0.3 is 0 Å². The number of oxazole rings is 1. The molecule has 1 amide bonds. The van der Waals surface area contributed by atoms with Gasteiger partial charge in [-0.05, 0) is 24.3 Å². The maximum absolute atomic E-state index is 12.3. The number of hydrogen-bond acceptors (Lipinski definition) is 7. The first kappa shape index (κ1) is 18.5. The van der Waals surface area contributed by atoms with Gasteiger partial charge in [-0.3, -0.25) is 10.1 Å². The third-order valence-electron chi connectivity index (χ3n) is 3.64. The Morgan fingerprint density at radius 3 is 2.65 bits per heavy atom. The monoisotopic (exact) mass is 388 g/mol. The molecule has 2 heterocycles. The van der Waals surface area contributed by atoms with Crippen LogP contribution in [0.5, 0.6) is 0 Å². The minimum Gasteiger partial charge on any atom is -0.445 e. The third-order valence-corrected chi connectivity index (χ3v) is 5.73. The number of benzene rings is 1. The molecule has 0 saturated heterocycles. The fourth-order valence-electron chi connectivity index (χ4n) is 2.18. The van der Waals surface area contributed by atoms with Crippen molar-refractivity contribution in [3.8, 4) is 0 Å². The van der Waals surface area contributed by atoms with Crippen molar-refractivity contribution in [2.75, 3.05) is 24.3 Å². The first-order chi connectivity index (χ1) is 12.5. The summed E-state index contributed by atoms with van der Waals surface area (Å²) >= 11 is 3.03. The molecule has 0 radical (unpaired) electrons. The van der Waals surface area contributed by atoms with Gasteiger partial charge in [0, 0.05) is 31.8 Å². The smallest absolute Gasteiger partial charge is 0.257 e. The topological polar surface area (TPSA) is 71.3 Å². The molecule has 0 atom stereocenters. The summed E-state index contributed by atoms with van der Waals surface area (Å²) in [6, 6.07) is 7.45. The SMILES string of the molecule is CCc1cnc(CSc2cnc(NC(=O)c3ccc(N(C)C)cc3)s2)o1. The lowest BCUT2D eigenvalue weighted by atomic mass is 10.2. The van der Waals surface area contributed by atoms with Gasteiger partial charge in [-0.2, -0.15) is 0 Å². The summed E-state index contributed by atoms with van der Waals surface area (Å²) in [5, 5.41) is 3.42. The van der Waals surface area contributed by atoms with Crippen molar-refractivity contribution in [2.24, 2.45) is 0 Å². The zero-order chi connectivity index (χ0) is 18.5. The number of aryl methyl sites for hydroxylation is 1. The van der Waals surface area contributed by atoms with E-state index >= 15 is 0 Å². The molecule has 0 aliphatic heterocycles. The van der Waals surface area contributed by atoms with Gasteiger partial charge < -0.3 is 9.32 Å². The summed E-state index contributed by atoms with van der Waals surface area (Å²) in [6.45, 7) is 2.03. The Balaban J connectivity index is 1.56. The molecule has 8 heteroatoms. The van der Waals surface area contributed by atoms with E-state index in [1.807, 2.05) is 50.2 Å². The van der Waals surface area contributed by atoms with Crippen LogP contribution in [0.25, 0.3) is 0 Å². The zero-order valence-electron chi connectivity index (χ0n) is 14.9. The van der Waals surface area contributed by atoms with Gasteiger partial charge in [0.2, 0.25) is 5.89 Å². The second kappa shape index (κ2) is 8.37. The van der Waals surface area contributed by atoms with E-state index in [0.29, 0.717) is 22.3 Å². The molecule has 26 heavy (non-hydrogen) atoms. The van der Waals surface area contributed by atoms with Crippen LogP contribution in [0, 0.1) is 0 Å². The van der Waals surface area contributed by atoms with Crippen LogP contribution in [0.3, 0.4) is 0 Å². The van der Waals surface area contributed by atoms with Gasteiger partial charge in [0.15, 0.2) is 5.13 Å². The molecule has 3 rings (SSSR count). The average molecular weight is 389 g/mol. The molecule has 0 spiro atoms. The Bertz CT molecular complexity index is 871. The molecular formula is C18H20N4O2S2. The lowest BCUT2D eigenvalue weighted by Gasteiger charge is -2.12. The summed E-state index contributed by atoms with van der Waals surface area (Å²) < 4.78 is 6.59. The molecular weight excluding hydrogens is 368 g/mol. The maximum atomic E-state index is 12.3. The Hall–Kier alpha value is -2.32. The van der Waals surface area contributed by atoms with Crippen molar-refractivity contribution in [1.82, 2.24) is 9.97 Å². The van der Waals surface area contributed by atoms with Gasteiger partial charge in [0.25, 0.3) is 5.91 Å². The molecule has 0 aliphatic carbocycles. The van der Waals surface area contributed by atoms with Crippen molar-refractivity contribution in [3.05, 3.63) is 53.9 Å². The number of nitrogens with one attached hydrogen (secondary N) is 1. The Labute approximate surface area is 160 Å². The number of nitrogens with zero attached hydrogens (tertiary/aromatic N) is 3. The normalized spacial score (nSPS) is 10.7. The van der Waals surface area contributed by atoms with Gasteiger partial charge in [0.1, 0.15) is 5.76 Å². The number of hydrogen-bond donors (Lipinski definition) is 1. The van der Waals surface area contributed by atoms with Gasteiger partial charge in [-0.25, -0.2) is 9.97 Å². The average Bonchev–Trinajstić information content (AvgIpc) is 3.29. The van der Waals surface area contributed by atoms with Crippen LogP contribution in [-0.2, 0) is 12.2 Å². The van der Waals surface area contributed by atoms with Crippen LogP contribution in [-0.4, -0.2) is 30.0 Å². The second-order valence-corrected chi connectivity index (χ2v) is 8.05. The van der Waals surface area contributed by atoms with E-state index in [1.165, 1.54) is 11.3 Å². The maximum Gasteiger partial charge on any atom is 0.257 e. The highest BCUT2D eigenvalue weighted by atomic mass is 32.2. The largest absolute Gasteiger partial charge is 0.445 e. The van der Waals surface area contributed by atoms with Crippen molar-refractivity contribution >= 4 is 39.8 Å². The second-order valence-electron chi connectivity index (χ2n) is 5.74. The predicted molar refractivity (Wildman–Crippen MR) is 106 cm³/mol. The predicted octanol–water partition coefficient (Wildman–Crippen LogP) is 4.30. The third kappa shape index (κ3) is 4.64. The van der Waals surface area contributed by atoms with E-state index in [9.17, 15) is 4.79 Å². The van der Waals surface area contributed by atoms with E-state index in [1.54, 1.807) is 24.2 Å². The molecule has 0 saturated carbocycles. The molecule has 0 unspecified atom stereocenters. The molecule has 1 N–H and O–H groups in total. The van der Waals surface area contributed by atoms with E-state index in [0.717, 1.165) is 22.1 Å². The zero-order valence-corrected chi connectivity index (χ0v) is 16.5. The number of rotatable bonds is 7. The number of thioether (sulfide) groups is 1. The highest BCUT2D eigenvalue weighted by Crippen LogP contribution is 2.30. The quantitative estimate of drug-likeness (QED) is 0.608. The molecule has 0 aliphatic rings. The van der Waals surface area contributed by atoms with Gasteiger partial charge in [-0.1, -0.05) is 18.3 Å². The molecule has 3 aromatic rings. The van der Waals surface area contributed by atoms with Crippen LogP contribution in [0.2, 0.25) is 0 Å². The minimum atomic E-state index is -0.165. The van der Waals surface area contributed by atoms with Gasteiger partial charge in [0.05, 0.1) is 22.4 Å². The first-order valence-corrected chi connectivity index (χ1v) is 9.96. The van der Waals surface area contributed by atoms with Crippen molar-refractivity contribution < 1.29 is 9.21 Å². The van der Waals surface area contributed by atoms with Crippen molar-refractivity contribution in [3.63, 3.8) is 0 Å². The Morgan fingerprint density at radius 1 is 1.23 bits per heavy atom. The lowest BCUT2D eigenvalue weighted by molar-refractivity contribution is 0.102. The summed E-state index contributed by atoms with van der Waals surface area (Å²) in [5.74, 6) is 2.06. The molecule has 136 valence electrons. The van der Waals surface area contributed by atoms with Crippen LogP contribution in [0.15, 0.2) is 45.3 Å².